The van der Waals surface area contributed by atoms with Crippen LogP contribution >= 0.6 is 0 Å². The summed E-state index contributed by atoms with van der Waals surface area (Å²) in [4.78, 5) is 0. The summed E-state index contributed by atoms with van der Waals surface area (Å²) in [7, 11) is 0. The van der Waals surface area contributed by atoms with Gasteiger partial charge in [0.1, 0.15) is 0 Å². The van der Waals surface area contributed by atoms with Gasteiger partial charge in [0.25, 0.3) is 0 Å². The number of benzene rings is 1. The number of hydrogen-bond acceptors (Lipinski definition) is 0. The Bertz CT molecular complexity index is 306. The quantitative estimate of drug-likeness (QED) is 0.531. The molecule has 1 aromatic carbocycles. The van der Waals surface area contributed by atoms with Crippen LogP contribution in [0.25, 0.3) is 0 Å². The Hall–Kier alpha value is -0.502. The third-order valence-electron chi connectivity index (χ3n) is 1.52. The van der Waals surface area contributed by atoms with Crippen molar-refractivity contribution in [2.24, 2.45) is 0 Å². The third-order valence-corrected chi connectivity index (χ3v) is 2.51. The first-order chi connectivity index (χ1) is 5.93. The summed E-state index contributed by atoms with van der Waals surface area (Å²) in [6.07, 6.45) is -4.46. The molecule has 1 rings (SSSR count). The van der Waals surface area contributed by atoms with Gasteiger partial charge < -0.3 is 0 Å². The minimum atomic E-state index is -4.46. The van der Waals surface area contributed by atoms with E-state index < -0.39 is 17.6 Å². The summed E-state index contributed by atoms with van der Waals surface area (Å²) in [5, 5.41) is 0.452. The summed E-state index contributed by atoms with van der Waals surface area (Å²) >= 11 is 1.25. The van der Waals surface area contributed by atoms with Crippen LogP contribution in [0, 0.1) is 5.82 Å². The van der Waals surface area contributed by atoms with Crippen molar-refractivity contribution in [3.05, 3.63) is 35.1 Å². The van der Waals surface area contributed by atoms with Crippen LogP contribution in [-0.4, -0.2) is 16.9 Å². The predicted molar refractivity (Wildman–Crippen MR) is 43.7 cm³/mol. The zero-order chi connectivity index (χ0) is 10.1. The Kier molecular flexibility index (Phi) is 3.01. The maximum absolute atomic E-state index is 12.7. The molecular weight excluding hydrogens is 247 g/mol. The van der Waals surface area contributed by atoms with Gasteiger partial charge in [-0.2, -0.15) is 0 Å². The fraction of sp³-hybridized carbons (Fsp3) is 0.250. The third kappa shape index (κ3) is 2.73. The summed E-state index contributed by atoms with van der Waals surface area (Å²) in [5.74, 6) is -0.831. The monoisotopic (exact) mass is 254 g/mol. The number of rotatable bonds is 1. The fourth-order valence-electron chi connectivity index (χ4n) is 0.932. The van der Waals surface area contributed by atoms with Crippen molar-refractivity contribution in [1.82, 2.24) is 0 Å². The van der Waals surface area contributed by atoms with Crippen LogP contribution in [0.5, 0.6) is 0 Å². The molecule has 0 N–H and O–H groups in total. The summed E-state index contributed by atoms with van der Waals surface area (Å²) in [6.45, 7) is 0. The van der Waals surface area contributed by atoms with Crippen molar-refractivity contribution in [3.63, 3.8) is 0 Å². The van der Waals surface area contributed by atoms with Gasteiger partial charge in [-0.1, -0.05) is 0 Å². The fourth-order valence-corrected chi connectivity index (χ4v) is 1.43. The molecule has 0 nitrogen and oxygen atoms in total. The first-order valence-corrected chi connectivity index (χ1v) is 5.21. The average molecular weight is 254 g/mol. The summed E-state index contributed by atoms with van der Waals surface area (Å²) < 4.78 is 49.0. The molecule has 72 valence electrons. The summed E-state index contributed by atoms with van der Waals surface area (Å²) in [5.41, 5.74) is -0.535. The molecule has 0 bridgehead atoms. The Morgan fingerprint density at radius 1 is 1.15 bits per heavy atom. The number of hydrogen-bond donors (Lipinski definition) is 0. The van der Waals surface area contributed by atoms with E-state index in [1.54, 1.807) is 0 Å². The van der Waals surface area contributed by atoms with Gasteiger partial charge in [-0.25, -0.2) is 0 Å². The molecule has 0 amide bonds. The van der Waals surface area contributed by atoms with Gasteiger partial charge in [-0.15, -0.1) is 0 Å². The van der Waals surface area contributed by atoms with E-state index in [0.29, 0.717) is 16.8 Å². The van der Waals surface area contributed by atoms with Crippen molar-refractivity contribution in [2.45, 2.75) is 11.4 Å². The molecule has 0 aliphatic rings. The van der Waals surface area contributed by atoms with E-state index >= 15 is 0 Å². The molecule has 0 saturated heterocycles. The molecular formula is C8H7AsF4. The van der Waals surface area contributed by atoms with Gasteiger partial charge in [0.2, 0.25) is 0 Å². The van der Waals surface area contributed by atoms with E-state index in [4.69, 9.17) is 0 Å². The standard InChI is InChI=1S/C8H7AsF4/c9-4-5-1-6(8(11,12)13)3-7(10)2-5/h1-3H,4,9H2. The molecule has 0 heterocycles. The van der Waals surface area contributed by atoms with E-state index in [-0.39, 0.29) is 0 Å². The van der Waals surface area contributed by atoms with Crippen LogP contribution in [0.2, 0.25) is 0 Å². The maximum atomic E-state index is 12.7. The number of halogens is 4. The van der Waals surface area contributed by atoms with Crippen LogP contribution in [-0.2, 0) is 11.4 Å². The molecule has 0 aliphatic carbocycles. The van der Waals surface area contributed by atoms with E-state index in [1.165, 1.54) is 16.9 Å². The van der Waals surface area contributed by atoms with Crippen LogP contribution in [0.1, 0.15) is 11.1 Å². The average Bonchev–Trinajstić information content (AvgIpc) is 2.01. The Balaban J connectivity index is 3.16. The molecule has 1 unspecified atom stereocenters. The van der Waals surface area contributed by atoms with Crippen LogP contribution < -0.4 is 0 Å². The predicted octanol–water partition coefficient (Wildman–Crippen LogP) is 1.98. The van der Waals surface area contributed by atoms with E-state index in [0.717, 1.165) is 12.1 Å². The second-order valence-electron chi connectivity index (χ2n) is 2.55. The molecule has 0 aliphatic heterocycles. The normalized spacial score (nSPS) is 11.8. The molecule has 0 fully saturated rings. The Labute approximate surface area is 81.4 Å². The van der Waals surface area contributed by atoms with Crippen LogP contribution in [0.4, 0.5) is 17.6 Å². The molecule has 0 aromatic heterocycles. The van der Waals surface area contributed by atoms with Crippen molar-refractivity contribution < 1.29 is 17.6 Å². The van der Waals surface area contributed by atoms with Gasteiger partial charge in [0, 0.05) is 0 Å². The summed E-state index contributed by atoms with van der Waals surface area (Å²) in [6, 6.07) is 2.61. The molecule has 13 heavy (non-hydrogen) atoms. The van der Waals surface area contributed by atoms with Crippen LogP contribution in [0.3, 0.4) is 0 Å². The van der Waals surface area contributed by atoms with Crippen molar-refractivity contribution >= 4 is 16.9 Å². The SMILES string of the molecule is Fc1cc(C[AsH2])cc(C(F)(F)F)c1. The first kappa shape index (κ1) is 10.6. The van der Waals surface area contributed by atoms with Gasteiger partial charge >= 0.3 is 80.9 Å². The van der Waals surface area contributed by atoms with Gasteiger partial charge in [-0.05, 0) is 0 Å². The van der Waals surface area contributed by atoms with E-state index in [2.05, 4.69) is 0 Å². The van der Waals surface area contributed by atoms with E-state index in [9.17, 15) is 17.6 Å². The second kappa shape index (κ2) is 3.70. The van der Waals surface area contributed by atoms with Crippen LogP contribution in [0.15, 0.2) is 18.2 Å². The Morgan fingerprint density at radius 2 is 1.77 bits per heavy atom. The molecule has 0 radical (unpaired) electrons. The minimum absolute atomic E-state index is 0.382. The van der Waals surface area contributed by atoms with Crippen molar-refractivity contribution in [2.75, 3.05) is 0 Å². The molecule has 5 heteroatoms. The molecule has 0 saturated carbocycles. The van der Waals surface area contributed by atoms with E-state index in [1.807, 2.05) is 0 Å². The zero-order valence-electron chi connectivity index (χ0n) is 6.53. The van der Waals surface area contributed by atoms with Crippen molar-refractivity contribution in [3.8, 4) is 0 Å². The molecule has 1 aromatic rings. The van der Waals surface area contributed by atoms with Gasteiger partial charge in [0.15, 0.2) is 0 Å². The van der Waals surface area contributed by atoms with Crippen molar-refractivity contribution in [1.29, 1.82) is 0 Å². The molecule has 0 spiro atoms. The van der Waals surface area contributed by atoms with Gasteiger partial charge in [0.05, 0.1) is 0 Å². The topological polar surface area (TPSA) is 0 Å². The Morgan fingerprint density at radius 3 is 2.23 bits per heavy atom. The molecule has 1 atom stereocenters. The number of alkyl halides is 3. The first-order valence-electron chi connectivity index (χ1n) is 3.50. The zero-order valence-corrected chi connectivity index (χ0v) is 8.95. The van der Waals surface area contributed by atoms with Gasteiger partial charge in [-0.3, -0.25) is 0 Å². The second-order valence-corrected chi connectivity index (χ2v) is 3.41.